The highest BCUT2D eigenvalue weighted by molar-refractivity contribution is 7.17. The quantitative estimate of drug-likeness (QED) is 0.670. The van der Waals surface area contributed by atoms with E-state index in [9.17, 15) is 14.4 Å². The number of aromatic nitrogens is 2. The van der Waals surface area contributed by atoms with Crippen LogP contribution in [0.25, 0.3) is 10.2 Å². The van der Waals surface area contributed by atoms with E-state index in [1.54, 1.807) is 37.4 Å². The van der Waals surface area contributed by atoms with Gasteiger partial charge in [-0.15, -0.1) is 11.3 Å². The predicted molar refractivity (Wildman–Crippen MR) is 110 cm³/mol. The first-order chi connectivity index (χ1) is 14.0. The summed E-state index contributed by atoms with van der Waals surface area (Å²) in [6, 6.07) is 8.53. The van der Waals surface area contributed by atoms with E-state index in [1.807, 2.05) is 5.38 Å². The van der Waals surface area contributed by atoms with Crippen LogP contribution in [-0.4, -0.2) is 46.4 Å². The average Bonchev–Trinajstić information content (AvgIpc) is 3.39. The second-order valence-electron chi connectivity index (χ2n) is 6.88. The summed E-state index contributed by atoms with van der Waals surface area (Å²) in [6.07, 6.45) is 1.13. The third-order valence-electron chi connectivity index (χ3n) is 4.70. The zero-order chi connectivity index (χ0) is 20.4. The number of thiophene rings is 1. The van der Waals surface area contributed by atoms with E-state index in [0.29, 0.717) is 40.3 Å². The summed E-state index contributed by atoms with van der Waals surface area (Å²) in [7, 11) is 1.64. The Morgan fingerprint density at radius 1 is 1.38 bits per heavy atom. The SMILES string of the molecule is CN(Cc1nc2ccsc2c(=O)[nH]1)C(=O)c1cccc(NC(=O)[C@@H]2CCCO2)c1. The number of anilines is 1. The summed E-state index contributed by atoms with van der Waals surface area (Å²) < 4.78 is 5.95. The number of fused-ring (bicyclic) bond motifs is 1. The molecule has 1 saturated heterocycles. The molecule has 4 rings (SSSR count). The maximum atomic E-state index is 12.8. The lowest BCUT2D eigenvalue weighted by atomic mass is 10.1. The number of nitrogens with zero attached hydrogens (tertiary/aromatic N) is 2. The molecule has 3 heterocycles. The van der Waals surface area contributed by atoms with Gasteiger partial charge in [0.1, 0.15) is 16.6 Å². The molecular weight excluding hydrogens is 392 g/mol. The molecule has 2 N–H and O–H groups in total. The normalized spacial score (nSPS) is 16.1. The smallest absolute Gasteiger partial charge is 0.268 e. The standard InChI is InChI=1S/C20H20N4O4S/c1-24(11-16-22-14-7-9-29-17(14)19(26)23-16)20(27)12-4-2-5-13(10-12)21-18(25)15-6-3-8-28-15/h2,4-5,7,9-10,15H,3,6,8,11H2,1H3,(H,21,25)(H,22,23,26)/t15-/m0/s1. The van der Waals surface area contributed by atoms with Gasteiger partial charge < -0.3 is 19.9 Å². The van der Waals surface area contributed by atoms with Crippen molar-refractivity contribution in [3.8, 4) is 0 Å². The molecule has 0 spiro atoms. The van der Waals surface area contributed by atoms with Gasteiger partial charge in [0.25, 0.3) is 17.4 Å². The molecule has 0 saturated carbocycles. The molecule has 0 radical (unpaired) electrons. The molecule has 8 nitrogen and oxygen atoms in total. The van der Waals surface area contributed by atoms with Crippen LogP contribution in [0.5, 0.6) is 0 Å². The Kier molecular flexibility index (Phi) is 5.41. The highest BCUT2D eigenvalue weighted by Crippen LogP contribution is 2.18. The number of aromatic amines is 1. The molecule has 9 heteroatoms. The molecule has 150 valence electrons. The first-order valence-electron chi connectivity index (χ1n) is 9.25. The van der Waals surface area contributed by atoms with Gasteiger partial charge in [-0.2, -0.15) is 0 Å². The van der Waals surface area contributed by atoms with E-state index in [2.05, 4.69) is 15.3 Å². The second-order valence-corrected chi connectivity index (χ2v) is 7.80. The van der Waals surface area contributed by atoms with E-state index in [1.165, 1.54) is 16.2 Å². The van der Waals surface area contributed by atoms with Gasteiger partial charge >= 0.3 is 0 Å². The van der Waals surface area contributed by atoms with Crippen LogP contribution in [-0.2, 0) is 16.1 Å². The van der Waals surface area contributed by atoms with Gasteiger partial charge in [-0.25, -0.2) is 4.98 Å². The maximum absolute atomic E-state index is 12.8. The zero-order valence-corrected chi connectivity index (χ0v) is 16.6. The molecule has 0 bridgehead atoms. The highest BCUT2D eigenvalue weighted by Gasteiger charge is 2.24. The minimum Gasteiger partial charge on any atom is -0.368 e. The summed E-state index contributed by atoms with van der Waals surface area (Å²) >= 11 is 1.33. The minimum atomic E-state index is -0.438. The second kappa shape index (κ2) is 8.14. The van der Waals surface area contributed by atoms with Crippen LogP contribution in [0, 0.1) is 0 Å². The molecule has 0 unspecified atom stereocenters. The fourth-order valence-electron chi connectivity index (χ4n) is 3.25. The van der Waals surface area contributed by atoms with Gasteiger partial charge in [-0.1, -0.05) is 6.07 Å². The lowest BCUT2D eigenvalue weighted by molar-refractivity contribution is -0.124. The monoisotopic (exact) mass is 412 g/mol. The van der Waals surface area contributed by atoms with Gasteiger partial charge in [-0.05, 0) is 42.5 Å². The van der Waals surface area contributed by atoms with Gasteiger partial charge in [-0.3, -0.25) is 14.4 Å². The Balaban J connectivity index is 1.46. The van der Waals surface area contributed by atoms with Crippen LogP contribution in [0.15, 0.2) is 40.5 Å². The van der Waals surface area contributed by atoms with Crippen molar-refractivity contribution < 1.29 is 14.3 Å². The maximum Gasteiger partial charge on any atom is 0.268 e. The summed E-state index contributed by atoms with van der Waals surface area (Å²) in [6.45, 7) is 0.751. The van der Waals surface area contributed by atoms with Crippen LogP contribution < -0.4 is 10.9 Å². The molecule has 29 heavy (non-hydrogen) atoms. The first kappa shape index (κ1) is 19.3. The molecule has 0 aliphatic carbocycles. The van der Waals surface area contributed by atoms with Crippen molar-refractivity contribution in [2.45, 2.75) is 25.5 Å². The summed E-state index contributed by atoms with van der Waals surface area (Å²) in [5, 5.41) is 4.61. The topological polar surface area (TPSA) is 104 Å². The van der Waals surface area contributed by atoms with E-state index in [4.69, 9.17) is 4.74 Å². The Bertz CT molecular complexity index is 1120. The molecule has 1 atom stereocenters. The molecule has 2 amide bonds. The molecule has 1 aliphatic heterocycles. The summed E-state index contributed by atoms with van der Waals surface area (Å²) in [4.78, 5) is 45.7. The number of carbonyl (C=O) groups excluding carboxylic acids is 2. The van der Waals surface area contributed by atoms with Gasteiger partial charge in [0.2, 0.25) is 0 Å². The lowest BCUT2D eigenvalue weighted by Gasteiger charge is -2.17. The van der Waals surface area contributed by atoms with Crippen molar-refractivity contribution in [3.63, 3.8) is 0 Å². The van der Waals surface area contributed by atoms with Crippen molar-refractivity contribution in [1.29, 1.82) is 0 Å². The Labute approximate surface area is 170 Å². The Morgan fingerprint density at radius 3 is 3.03 bits per heavy atom. The molecule has 1 fully saturated rings. The van der Waals surface area contributed by atoms with Gasteiger partial charge in [0.15, 0.2) is 0 Å². The average molecular weight is 412 g/mol. The predicted octanol–water partition coefficient (Wildman–Crippen LogP) is 2.37. The number of carbonyl (C=O) groups is 2. The van der Waals surface area contributed by atoms with Crippen LogP contribution in [0.2, 0.25) is 0 Å². The number of rotatable bonds is 5. The van der Waals surface area contributed by atoms with Crippen molar-refractivity contribution in [1.82, 2.24) is 14.9 Å². The molecule has 3 aromatic rings. The molecular formula is C20H20N4O4S. The number of ether oxygens (including phenoxy) is 1. The van der Waals surface area contributed by atoms with Gasteiger partial charge in [0, 0.05) is 24.9 Å². The van der Waals surface area contributed by atoms with Crippen LogP contribution >= 0.6 is 11.3 Å². The van der Waals surface area contributed by atoms with E-state index >= 15 is 0 Å². The third-order valence-corrected chi connectivity index (χ3v) is 5.60. The van der Waals surface area contributed by atoms with E-state index in [-0.39, 0.29) is 23.9 Å². The number of benzene rings is 1. The number of amides is 2. The Hall–Kier alpha value is -3.04. The van der Waals surface area contributed by atoms with Crippen LogP contribution in [0.4, 0.5) is 5.69 Å². The fourth-order valence-corrected chi connectivity index (χ4v) is 3.98. The minimum absolute atomic E-state index is 0.159. The van der Waals surface area contributed by atoms with Crippen molar-refractivity contribution in [3.05, 3.63) is 57.5 Å². The lowest BCUT2D eigenvalue weighted by Crippen LogP contribution is -2.29. The first-order valence-corrected chi connectivity index (χ1v) is 10.1. The number of hydrogen-bond acceptors (Lipinski definition) is 6. The zero-order valence-electron chi connectivity index (χ0n) is 15.8. The van der Waals surface area contributed by atoms with Crippen LogP contribution in [0.1, 0.15) is 29.0 Å². The van der Waals surface area contributed by atoms with Crippen molar-refractivity contribution in [2.24, 2.45) is 0 Å². The summed E-state index contributed by atoms with van der Waals surface area (Å²) in [5.41, 5.74) is 1.38. The molecule has 2 aromatic heterocycles. The largest absolute Gasteiger partial charge is 0.368 e. The fraction of sp³-hybridized carbons (Fsp3) is 0.300. The third kappa shape index (κ3) is 4.20. The number of nitrogens with one attached hydrogen (secondary N) is 2. The summed E-state index contributed by atoms with van der Waals surface area (Å²) in [5.74, 6) is -0.0304. The van der Waals surface area contributed by atoms with Gasteiger partial charge in [0.05, 0.1) is 12.1 Å². The molecule has 1 aromatic carbocycles. The highest BCUT2D eigenvalue weighted by atomic mass is 32.1. The van der Waals surface area contributed by atoms with Crippen LogP contribution in [0.3, 0.4) is 0 Å². The number of H-pyrrole nitrogens is 1. The molecule has 1 aliphatic rings. The number of hydrogen-bond donors (Lipinski definition) is 2. The van der Waals surface area contributed by atoms with Crippen molar-refractivity contribution >= 4 is 39.1 Å². The Morgan fingerprint density at radius 2 is 2.24 bits per heavy atom. The van der Waals surface area contributed by atoms with E-state index < -0.39 is 6.10 Å². The van der Waals surface area contributed by atoms with Crippen molar-refractivity contribution in [2.75, 3.05) is 19.0 Å². The van der Waals surface area contributed by atoms with E-state index in [0.717, 1.165) is 6.42 Å².